The third-order valence-electron chi connectivity index (χ3n) is 5.13. The van der Waals surface area contributed by atoms with E-state index in [4.69, 9.17) is 4.98 Å². The van der Waals surface area contributed by atoms with E-state index in [0.717, 1.165) is 38.9 Å². The van der Waals surface area contributed by atoms with Crippen molar-refractivity contribution in [3.63, 3.8) is 0 Å². The van der Waals surface area contributed by atoms with E-state index in [1.54, 1.807) is 0 Å². The van der Waals surface area contributed by atoms with Crippen molar-refractivity contribution in [1.29, 1.82) is 5.26 Å². The van der Waals surface area contributed by atoms with Crippen LogP contribution in [0.1, 0.15) is 11.1 Å². The van der Waals surface area contributed by atoms with Gasteiger partial charge < -0.3 is 4.40 Å². The van der Waals surface area contributed by atoms with E-state index in [2.05, 4.69) is 59.9 Å². The largest absolute Gasteiger partial charge is 0.313 e. The third kappa shape index (κ3) is 2.47. The van der Waals surface area contributed by atoms with Gasteiger partial charge in [0.25, 0.3) is 0 Å². The van der Waals surface area contributed by atoms with Gasteiger partial charge in [-0.3, -0.25) is 0 Å². The molecule has 132 valence electrons. The minimum atomic E-state index is 0.613. The molecule has 2 aromatic carbocycles. The zero-order valence-corrected chi connectivity index (χ0v) is 15.4. The molecule has 0 amide bonds. The molecule has 3 heterocycles. The maximum Gasteiger partial charge on any atom is 0.108 e. The van der Waals surface area contributed by atoms with Crippen LogP contribution in [-0.4, -0.2) is 9.38 Å². The second-order valence-electron chi connectivity index (χ2n) is 6.93. The van der Waals surface area contributed by atoms with Crippen molar-refractivity contribution in [2.75, 3.05) is 0 Å². The minimum Gasteiger partial charge on any atom is -0.313 e. The van der Waals surface area contributed by atoms with Crippen molar-refractivity contribution in [1.82, 2.24) is 9.38 Å². The second-order valence-corrected chi connectivity index (χ2v) is 6.93. The topological polar surface area (TPSA) is 41.1 Å². The second kappa shape index (κ2) is 6.37. The van der Waals surface area contributed by atoms with Crippen LogP contribution in [0.15, 0.2) is 85.1 Å². The van der Waals surface area contributed by atoms with Crippen molar-refractivity contribution >= 4 is 16.6 Å². The Hall–Kier alpha value is -3.90. The van der Waals surface area contributed by atoms with Gasteiger partial charge in [0.2, 0.25) is 0 Å². The van der Waals surface area contributed by atoms with Crippen LogP contribution in [0.25, 0.3) is 38.9 Å². The molecule has 0 radical (unpaired) electrons. The van der Waals surface area contributed by atoms with E-state index >= 15 is 0 Å². The first-order chi connectivity index (χ1) is 13.8. The fourth-order valence-corrected chi connectivity index (χ4v) is 3.74. The highest BCUT2D eigenvalue weighted by Crippen LogP contribution is 2.36. The molecule has 0 atom stereocenters. The van der Waals surface area contributed by atoms with Crippen molar-refractivity contribution < 1.29 is 0 Å². The number of nitriles is 1. The van der Waals surface area contributed by atoms with Crippen LogP contribution in [0.3, 0.4) is 0 Å². The summed E-state index contributed by atoms with van der Waals surface area (Å²) in [4.78, 5) is 4.91. The molecule has 0 bridgehead atoms. The first-order valence-corrected chi connectivity index (χ1v) is 9.22. The number of fused-ring (bicyclic) bond motifs is 3. The van der Waals surface area contributed by atoms with E-state index in [-0.39, 0.29) is 0 Å². The summed E-state index contributed by atoms with van der Waals surface area (Å²) in [6, 6.07) is 29.0. The Labute approximate surface area is 163 Å². The SMILES string of the molecule is Cc1ccc(-c2cc(-c3ccccc3)nc3c(C#N)c4ccccn4c23)cc1. The van der Waals surface area contributed by atoms with Gasteiger partial charge in [0.15, 0.2) is 0 Å². The number of benzene rings is 2. The van der Waals surface area contributed by atoms with Gasteiger partial charge in [0.1, 0.15) is 17.1 Å². The molecule has 3 nitrogen and oxygen atoms in total. The maximum atomic E-state index is 9.88. The summed E-state index contributed by atoms with van der Waals surface area (Å²) < 4.78 is 2.07. The molecule has 5 rings (SSSR count). The monoisotopic (exact) mass is 359 g/mol. The van der Waals surface area contributed by atoms with Crippen molar-refractivity contribution in [3.8, 4) is 28.5 Å². The Kier molecular flexibility index (Phi) is 3.70. The molecule has 0 aliphatic carbocycles. The minimum absolute atomic E-state index is 0.613. The van der Waals surface area contributed by atoms with E-state index in [1.165, 1.54) is 5.56 Å². The molecule has 0 spiro atoms. The number of pyridine rings is 2. The van der Waals surface area contributed by atoms with Gasteiger partial charge in [-0.1, -0.05) is 66.2 Å². The average Bonchev–Trinajstić information content (AvgIpc) is 3.08. The zero-order valence-electron chi connectivity index (χ0n) is 15.4. The number of rotatable bonds is 2. The van der Waals surface area contributed by atoms with Crippen molar-refractivity contribution in [2.24, 2.45) is 0 Å². The lowest BCUT2D eigenvalue weighted by Crippen LogP contribution is -1.91. The number of hydrogen-bond acceptors (Lipinski definition) is 2. The molecule has 5 aromatic rings. The Morgan fingerprint density at radius 3 is 2.36 bits per heavy atom. The molecule has 3 aromatic heterocycles. The van der Waals surface area contributed by atoms with Gasteiger partial charge in [-0.15, -0.1) is 0 Å². The summed E-state index contributed by atoms with van der Waals surface area (Å²) in [7, 11) is 0. The molecule has 0 N–H and O–H groups in total. The van der Waals surface area contributed by atoms with Crippen LogP contribution in [0, 0.1) is 18.3 Å². The number of hydrogen-bond donors (Lipinski definition) is 0. The summed E-state index contributed by atoms with van der Waals surface area (Å²) >= 11 is 0. The predicted molar refractivity (Wildman–Crippen MR) is 113 cm³/mol. The normalized spacial score (nSPS) is 11.0. The first kappa shape index (κ1) is 16.3. The van der Waals surface area contributed by atoms with Crippen LogP contribution < -0.4 is 0 Å². The highest BCUT2D eigenvalue weighted by Gasteiger charge is 2.18. The molecule has 3 heteroatoms. The summed E-state index contributed by atoms with van der Waals surface area (Å²) in [5.74, 6) is 0. The number of aromatic nitrogens is 2. The molecular formula is C25H17N3. The molecule has 0 aliphatic rings. The number of aryl methyl sites for hydroxylation is 1. The molecular weight excluding hydrogens is 342 g/mol. The fourth-order valence-electron chi connectivity index (χ4n) is 3.74. The quantitative estimate of drug-likeness (QED) is 0.388. The van der Waals surface area contributed by atoms with Crippen LogP contribution in [0.2, 0.25) is 0 Å². The maximum absolute atomic E-state index is 9.88. The van der Waals surface area contributed by atoms with Crippen LogP contribution >= 0.6 is 0 Å². The molecule has 0 saturated heterocycles. The molecule has 0 aliphatic heterocycles. The van der Waals surface area contributed by atoms with Crippen LogP contribution in [0.4, 0.5) is 0 Å². The Bertz CT molecular complexity index is 1350. The van der Waals surface area contributed by atoms with E-state index in [9.17, 15) is 5.26 Å². The summed E-state index contributed by atoms with van der Waals surface area (Å²) in [5.41, 5.74) is 8.52. The van der Waals surface area contributed by atoms with Gasteiger partial charge >= 0.3 is 0 Å². The highest BCUT2D eigenvalue weighted by molar-refractivity contribution is 6.02. The van der Waals surface area contributed by atoms with E-state index in [1.807, 2.05) is 42.6 Å². The van der Waals surface area contributed by atoms with Crippen molar-refractivity contribution in [2.45, 2.75) is 6.92 Å². The highest BCUT2D eigenvalue weighted by atomic mass is 14.9. The summed E-state index contributed by atoms with van der Waals surface area (Å²) in [6.07, 6.45) is 2.00. The molecule has 0 fully saturated rings. The smallest absolute Gasteiger partial charge is 0.108 e. The van der Waals surface area contributed by atoms with E-state index < -0.39 is 0 Å². The first-order valence-electron chi connectivity index (χ1n) is 9.22. The molecule has 0 unspecified atom stereocenters. The lowest BCUT2D eigenvalue weighted by molar-refractivity contribution is 1.25. The van der Waals surface area contributed by atoms with Crippen LogP contribution in [-0.2, 0) is 0 Å². The van der Waals surface area contributed by atoms with Gasteiger partial charge in [-0.05, 0) is 30.7 Å². The lowest BCUT2D eigenvalue weighted by Gasteiger charge is -2.10. The zero-order chi connectivity index (χ0) is 19.1. The van der Waals surface area contributed by atoms with Gasteiger partial charge in [0.05, 0.1) is 16.7 Å². The van der Waals surface area contributed by atoms with Crippen LogP contribution in [0.5, 0.6) is 0 Å². The summed E-state index contributed by atoms with van der Waals surface area (Å²) in [5, 5.41) is 9.88. The predicted octanol–water partition coefficient (Wildman–Crippen LogP) is 6.00. The average molecular weight is 359 g/mol. The van der Waals surface area contributed by atoms with Crippen molar-refractivity contribution in [3.05, 3.63) is 96.2 Å². The standard InChI is InChI=1S/C25H17N3/c1-17-10-12-18(13-11-17)20-15-22(19-7-3-2-4-8-19)27-24-21(16-26)23-9-5-6-14-28(23)25(20)24/h2-15H,1H3. The fraction of sp³-hybridized carbons (Fsp3) is 0.0400. The summed E-state index contributed by atoms with van der Waals surface area (Å²) in [6.45, 7) is 2.09. The Morgan fingerprint density at radius 2 is 1.61 bits per heavy atom. The lowest BCUT2D eigenvalue weighted by atomic mass is 10.00. The third-order valence-corrected chi connectivity index (χ3v) is 5.13. The van der Waals surface area contributed by atoms with E-state index in [0.29, 0.717) is 5.56 Å². The van der Waals surface area contributed by atoms with Gasteiger partial charge in [0, 0.05) is 17.3 Å². The molecule has 28 heavy (non-hydrogen) atoms. The Balaban J connectivity index is 1.95. The number of nitrogens with zero attached hydrogens (tertiary/aromatic N) is 3. The van der Waals surface area contributed by atoms with Gasteiger partial charge in [-0.25, -0.2) is 4.98 Å². The van der Waals surface area contributed by atoms with Gasteiger partial charge in [-0.2, -0.15) is 5.26 Å². The molecule has 0 saturated carbocycles. The Morgan fingerprint density at radius 1 is 0.857 bits per heavy atom.